The minimum Gasteiger partial charge on any atom is -0.293 e. The lowest BCUT2D eigenvalue weighted by atomic mass is 10.1. The van der Waals surface area contributed by atoms with Gasteiger partial charge in [0, 0.05) is 18.7 Å². The number of Topliss-reactive ketones (excluding diaryl/α,β-unsaturated/α-hetero) is 1. The zero-order valence-corrected chi connectivity index (χ0v) is 9.55. The Hall–Kier alpha value is -1.55. The molecule has 0 saturated carbocycles. The highest BCUT2D eigenvalue weighted by molar-refractivity contribution is 7.09. The van der Waals surface area contributed by atoms with Gasteiger partial charge in [0.05, 0.1) is 5.01 Å². The van der Waals surface area contributed by atoms with Crippen molar-refractivity contribution in [2.45, 2.75) is 13.3 Å². The van der Waals surface area contributed by atoms with E-state index >= 15 is 0 Å². The lowest BCUT2D eigenvalue weighted by Crippen LogP contribution is -1.95. The highest BCUT2D eigenvalue weighted by Gasteiger charge is 2.08. The van der Waals surface area contributed by atoms with Gasteiger partial charge >= 0.3 is 0 Å². The molecule has 16 heavy (non-hydrogen) atoms. The van der Waals surface area contributed by atoms with Gasteiger partial charge in [-0.2, -0.15) is 0 Å². The third-order valence-electron chi connectivity index (χ3n) is 2.21. The van der Waals surface area contributed by atoms with Crippen LogP contribution in [0.2, 0.25) is 0 Å². The number of aromatic nitrogens is 1. The molecule has 0 aliphatic carbocycles. The van der Waals surface area contributed by atoms with Crippen molar-refractivity contribution in [3.8, 4) is 0 Å². The fourth-order valence-electron chi connectivity index (χ4n) is 1.36. The first-order valence-corrected chi connectivity index (χ1v) is 5.73. The van der Waals surface area contributed by atoms with Crippen LogP contribution < -0.4 is 0 Å². The van der Waals surface area contributed by atoms with Gasteiger partial charge in [-0.05, 0) is 11.6 Å². The molecule has 0 amide bonds. The average molecular weight is 235 g/mol. The molecule has 2 rings (SSSR count). The number of hydrogen-bond acceptors (Lipinski definition) is 3. The summed E-state index contributed by atoms with van der Waals surface area (Å²) in [7, 11) is 0. The molecule has 0 spiro atoms. The molecule has 0 fully saturated rings. The van der Waals surface area contributed by atoms with Crippen LogP contribution in [0.5, 0.6) is 0 Å². The van der Waals surface area contributed by atoms with Crippen molar-refractivity contribution in [2.24, 2.45) is 0 Å². The van der Waals surface area contributed by atoms with E-state index in [4.69, 9.17) is 0 Å². The lowest BCUT2D eigenvalue weighted by molar-refractivity contribution is 0.101. The van der Waals surface area contributed by atoms with E-state index in [-0.39, 0.29) is 11.6 Å². The van der Waals surface area contributed by atoms with E-state index in [1.165, 1.54) is 24.3 Å². The van der Waals surface area contributed by atoms with E-state index in [2.05, 4.69) is 4.98 Å². The predicted molar refractivity (Wildman–Crippen MR) is 61.3 cm³/mol. The Labute approximate surface area is 96.8 Å². The number of rotatable bonds is 3. The van der Waals surface area contributed by atoms with Crippen molar-refractivity contribution in [1.82, 2.24) is 4.98 Å². The van der Waals surface area contributed by atoms with Crippen LogP contribution in [0.3, 0.4) is 0 Å². The third kappa shape index (κ3) is 2.33. The molecule has 1 aromatic heterocycles. The number of ketones is 1. The molecule has 1 heterocycles. The summed E-state index contributed by atoms with van der Waals surface area (Å²) in [4.78, 5) is 15.2. The maximum absolute atomic E-state index is 13.4. The molecule has 0 unspecified atom stereocenters. The van der Waals surface area contributed by atoms with Crippen molar-refractivity contribution < 1.29 is 9.18 Å². The first-order chi connectivity index (χ1) is 7.66. The fourth-order valence-corrected chi connectivity index (χ4v) is 2.21. The smallest absolute Gasteiger partial charge is 0.178 e. The van der Waals surface area contributed by atoms with Crippen molar-refractivity contribution in [1.29, 1.82) is 0 Å². The minimum absolute atomic E-state index is 0.0592. The van der Waals surface area contributed by atoms with E-state index in [0.29, 0.717) is 17.7 Å². The molecule has 0 radical (unpaired) electrons. The molecule has 0 aliphatic rings. The highest BCUT2D eigenvalue weighted by atomic mass is 32.1. The topological polar surface area (TPSA) is 30.0 Å². The van der Waals surface area contributed by atoms with Crippen LogP contribution in [0, 0.1) is 5.82 Å². The van der Waals surface area contributed by atoms with Gasteiger partial charge in [0.25, 0.3) is 0 Å². The summed E-state index contributed by atoms with van der Waals surface area (Å²) in [6, 6.07) is 6.60. The number of benzene rings is 1. The summed E-state index contributed by atoms with van der Waals surface area (Å²) in [6.45, 7) is 1.47. The van der Waals surface area contributed by atoms with E-state index in [1.807, 2.05) is 0 Å². The largest absolute Gasteiger partial charge is 0.293 e. The predicted octanol–water partition coefficient (Wildman–Crippen LogP) is 3.08. The van der Waals surface area contributed by atoms with Gasteiger partial charge in [-0.25, -0.2) is 9.37 Å². The monoisotopic (exact) mass is 235 g/mol. The number of carbonyl (C=O) groups is 1. The number of nitrogens with zero attached hydrogens (tertiary/aromatic N) is 1. The summed E-state index contributed by atoms with van der Waals surface area (Å²) in [5.74, 6) is -0.293. The molecule has 0 N–H and O–H groups in total. The number of carbonyl (C=O) groups excluding carboxylic acids is 1. The van der Waals surface area contributed by atoms with Gasteiger partial charge < -0.3 is 0 Å². The third-order valence-corrected chi connectivity index (χ3v) is 3.06. The molecular formula is C12H10FNOS. The van der Waals surface area contributed by atoms with Crippen molar-refractivity contribution in [3.05, 3.63) is 51.7 Å². The average Bonchev–Trinajstić information content (AvgIpc) is 2.70. The molecule has 4 heteroatoms. The van der Waals surface area contributed by atoms with Crippen LogP contribution >= 0.6 is 11.3 Å². The van der Waals surface area contributed by atoms with Crippen LogP contribution in [0.4, 0.5) is 4.39 Å². The lowest BCUT2D eigenvalue weighted by Gasteiger charge is -1.98. The second-order valence-electron chi connectivity index (χ2n) is 3.45. The van der Waals surface area contributed by atoms with Gasteiger partial charge in [-0.1, -0.05) is 18.2 Å². The first kappa shape index (κ1) is 11.0. The second kappa shape index (κ2) is 4.53. The summed E-state index contributed by atoms with van der Waals surface area (Å²) in [5.41, 5.74) is 1.06. The number of thiazole rings is 1. The van der Waals surface area contributed by atoms with E-state index in [9.17, 15) is 9.18 Å². The van der Waals surface area contributed by atoms with Crippen LogP contribution in [-0.4, -0.2) is 10.8 Å². The van der Waals surface area contributed by atoms with Gasteiger partial charge in [0.2, 0.25) is 0 Å². The molecule has 1 aromatic carbocycles. The van der Waals surface area contributed by atoms with Gasteiger partial charge in [0.15, 0.2) is 5.78 Å². The Kier molecular flexibility index (Phi) is 3.10. The molecule has 0 atom stereocenters. The quantitative estimate of drug-likeness (QED) is 0.765. The van der Waals surface area contributed by atoms with Crippen LogP contribution in [-0.2, 0) is 6.42 Å². The van der Waals surface area contributed by atoms with Crippen LogP contribution in [0.15, 0.2) is 29.6 Å². The SMILES string of the molecule is CC(=O)c1csc(Cc2ccccc2F)n1. The first-order valence-electron chi connectivity index (χ1n) is 4.85. The Balaban J connectivity index is 2.21. The molecule has 0 bridgehead atoms. The maximum Gasteiger partial charge on any atom is 0.178 e. The molecule has 82 valence electrons. The van der Waals surface area contributed by atoms with Crippen molar-refractivity contribution >= 4 is 17.1 Å². The Morgan fingerprint density at radius 3 is 2.81 bits per heavy atom. The second-order valence-corrected chi connectivity index (χ2v) is 4.39. The summed E-state index contributed by atoms with van der Waals surface area (Å²) in [6.07, 6.45) is 0.435. The van der Waals surface area contributed by atoms with Gasteiger partial charge in [-0.15, -0.1) is 11.3 Å². The van der Waals surface area contributed by atoms with E-state index in [1.54, 1.807) is 23.6 Å². The van der Waals surface area contributed by atoms with E-state index < -0.39 is 0 Å². The van der Waals surface area contributed by atoms with Crippen molar-refractivity contribution in [3.63, 3.8) is 0 Å². The molecule has 0 saturated heterocycles. The minimum atomic E-state index is -0.234. The van der Waals surface area contributed by atoms with Gasteiger partial charge in [0.1, 0.15) is 11.5 Å². The molecule has 2 aromatic rings. The Morgan fingerprint density at radius 1 is 1.44 bits per heavy atom. The Bertz CT molecular complexity index is 521. The number of halogens is 1. The summed E-state index contributed by atoms with van der Waals surface area (Å²) < 4.78 is 13.4. The van der Waals surface area contributed by atoms with Crippen LogP contribution in [0.25, 0.3) is 0 Å². The zero-order valence-electron chi connectivity index (χ0n) is 8.74. The Morgan fingerprint density at radius 2 is 2.19 bits per heavy atom. The normalized spacial score (nSPS) is 10.4. The van der Waals surface area contributed by atoms with Gasteiger partial charge in [-0.3, -0.25) is 4.79 Å². The van der Waals surface area contributed by atoms with Crippen LogP contribution in [0.1, 0.15) is 28.0 Å². The number of hydrogen-bond donors (Lipinski definition) is 0. The molecule has 2 nitrogen and oxygen atoms in total. The molecular weight excluding hydrogens is 225 g/mol. The highest BCUT2D eigenvalue weighted by Crippen LogP contribution is 2.17. The van der Waals surface area contributed by atoms with E-state index in [0.717, 1.165) is 5.01 Å². The summed E-state index contributed by atoms with van der Waals surface area (Å²) >= 11 is 1.38. The fraction of sp³-hybridized carbons (Fsp3) is 0.167. The maximum atomic E-state index is 13.4. The molecule has 0 aliphatic heterocycles. The van der Waals surface area contributed by atoms with Crippen molar-refractivity contribution in [2.75, 3.05) is 0 Å². The zero-order chi connectivity index (χ0) is 11.5. The summed E-state index contributed by atoms with van der Waals surface area (Å²) in [5, 5.41) is 2.47. The standard InChI is InChI=1S/C12H10FNOS/c1-8(15)11-7-16-12(14-11)6-9-4-2-3-5-10(9)13/h2-5,7H,6H2,1H3.